The highest BCUT2D eigenvalue weighted by Gasteiger charge is 2.44. The van der Waals surface area contributed by atoms with E-state index in [1.54, 1.807) is 13.2 Å². The van der Waals surface area contributed by atoms with Crippen molar-refractivity contribution in [1.82, 2.24) is 0 Å². The van der Waals surface area contributed by atoms with Crippen LogP contribution < -0.4 is 9.64 Å². The zero-order valence-electron chi connectivity index (χ0n) is 10.0. The average Bonchev–Trinajstić information content (AvgIpc) is 3.09. The van der Waals surface area contributed by atoms with Crippen LogP contribution in [0.1, 0.15) is 12.8 Å². The molecule has 0 aromatic heterocycles. The number of ether oxygens (including phenoxy) is 1. The number of hydrogen-bond donors (Lipinski definition) is 0. The van der Waals surface area contributed by atoms with Gasteiger partial charge in [0.25, 0.3) is 0 Å². The van der Waals surface area contributed by atoms with Gasteiger partial charge in [-0.3, -0.25) is 0 Å². The first kappa shape index (κ1) is 12.1. The summed E-state index contributed by atoms with van der Waals surface area (Å²) < 4.78 is 5.31. The van der Waals surface area contributed by atoms with Crippen molar-refractivity contribution in [3.63, 3.8) is 0 Å². The van der Waals surface area contributed by atoms with Gasteiger partial charge in [0, 0.05) is 18.6 Å². The summed E-state index contributed by atoms with van der Waals surface area (Å²) in [6.45, 7) is 0.722. The van der Waals surface area contributed by atoms with E-state index in [-0.39, 0.29) is 5.41 Å². The molecule has 0 atom stereocenters. The Morgan fingerprint density at radius 3 is 2.76 bits per heavy atom. The van der Waals surface area contributed by atoms with E-state index in [1.807, 2.05) is 24.1 Å². The molecule has 4 heteroatoms. The van der Waals surface area contributed by atoms with Crippen molar-refractivity contribution < 1.29 is 4.74 Å². The van der Waals surface area contributed by atoms with E-state index >= 15 is 0 Å². The predicted octanol–water partition coefficient (Wildman–Crippen LogP) is 3.09. The highest BCUT2D eigenvalue weighted by atomic mass is 35.5. The van der Waals surface area contributed by atoms with Crippen LogP contribution in [0.3, 0.4) is 0 Å². The van der Waals surface area contributed by atoms with Crippen LogP contribution in [0.25, 0.3) is 0 Å². The second-order valence-corrected chi connectivity index (χ2v) is 5.00. The lowest BCUT2D eigenvalue weighted by atomic mass is 10.1. The molecule has 2 rings (SSSR count). The van der Waals surface area contributed by atoms with E-state index in [0.29, 0.717) is 5.02 Å². The molecule has 1 aliphatic rings. The fourth-order valence-corrected chi connectivity index (χ4v) is 2.12. The zero-order chi connectivity index (χ0) is 12.5. The fourth-order valence-electron chi connectivity index (χ4n) is 1.96. The Hall–Kier alpha value is -1.40. The largest absolute Gasteiger partial charge is 0.495 e. The van der Waals surface area contributed by atoms with E-state index in [2.05, 4.69) is 6.07 Å². The Morgan fingerprint density at radius 1 is 1.53 bits per heavy atom. The summed E-state index contributed by atoms with van der Waals surface area (Å²) in [5, 5.41) is 9.77. The molecule has 1 aliphatic carbocycles. The van der Waals surface area contributed by atoms with Crippen molar-refractivity contribution in [3.8, 4) is 11.8 Å². The van der Waals surface area contributed by atoms with Crippen LogP contribution in [-0.4, -0.2) is 20.7 Å². The summed E-state index contributed by atoms with van der Waals surface area (Å²) in [5.41, 5.74) is 0.767. The number of methoxy groups -OCH3 is 1. The number of anilines is 1. The molecule has 0 aliphatic heterocycles. The molecule has 17 heavy (non-hydrogen) atoms. The van der Waals surface area contributed by atoms with Gasteiger partial charge in [-0.1, -0.05) is 11.6 Å². The maximum Gasteiger partial charge on any atom is 0.142 e. The molecule has 1 fully saturated rings. The molecule has 1 aromatic rings. The first-order valence-electron chi connectivity index (χ1n) is 5.56. The normalized spacial score (nSPS) is 16.1. The van der Waals surface area contributed by atoms with Crippen molar-refractivity contribution in [2.45, 2.75) is 12.8 Å². The lowest BCUT2D eigenvalue weighted by molar-refractivity contribution is 0.414. The standard InChI is InChI=1S/C13H15ClN2O/c1-16(9-13(8-15)5-6-13)11-7-10(14)3-4-12(11)17-2/h3-4,7H,5-6,9H2,1-2H3. The monoisotopic (exact) mass is 250 g/mol. The molecule has 0 saturated heterocycles. The first-order chi connectivity index (χ1) is 8.10. The highest BCUT2D eigenvalue weighted by molar-refractivity contribution is 6.30. The van der Waals surface area contributed by atoms with E-state index in [4.69, 9.17) is 21.6 Å². The summed E-state index contributed by atoms with van der Waals surface area (Å²) in [4.78, 5) is 2.04. The van der Waals surface area contributed by atoms with Gasteiger partial charge in [0.2, 0.25) is 0 Å². The topological polar surface area (TPSA) is 36.3 Å². The number of hydrogen-bond acceptors (Lipinski definition) is 3. The second-order valence-electron chi connectivity index (χ2n) is 4.56. The van der Waals surface area contributed by atoms with Crippen LogP contribution in [0.15, 0.2) is 18.2 Å². The van der Waals surface area contributed by atoms with E-state index < -0.39 is 0 Å². The van der Waals surface area contributed by atoms with Crippen LogP contribution in [0.5, 0.6) is 5.75 Å². The quantitative estimate of drug-likeness (QED) is 0.824. The van der Waals surface area contributed by atoms with Crippen LogP contribution in [0.4, 0.5) is 5.69 Å². The van der Waals surface area contributed by atoms with Crippen LogP contribution >= 0.6 is 11.6 Å². The number of nitriles is 1. The van der Waals surface area contributed by atoms with Gasteiger partial charge in [-0.05, 0) is 31.0 Å². The molecule has 1 saturated carbocycles. The van der Waals surface area contributed by atoms with Crippen molar-refractivity contribution in [2.75, 3.05) is 25.6 Å². The molecule has 3 nitrogen and oxygen atoms in total. The Balaban J connectivity index is 2.21. The minimum Gasteiger partial charge on any atom is -0.495 e. The van der Waals surface area contributed by atoms with Gasteiger partial charge < -0.3 is 9.64 Å². The molecular weight excluding hydrogens is 236 g/mol. The molecule has 1 aromatic carbocycles. The summed E-state index contributed by atoms with van der Waals surface area (Å²) in [6.07, 6.45) is 1.97. The molecule has 0 spiro atoms. The summed E-state index contributed by atoms with van der Waals surface area (Å²) in [6, 6.07) is 7.91. The predicted molar refractivity (Wildman–Crippen MR) is 68.6 cm³/mol. The first-order valence-corrected chi connectivity index (χ1v) is 5.94. The van der Waals surface area contributed by atoms with E-state index in [9.17, 15) is 0 Å². The highest BCUT2D eigenvalue weighted by Crippen LogP contribution is 2.46. The SMILES string of the molecule is COc1ccc(Cl)cc1N(C)CC1(C#N)CC1. The van der Waals surface area contributed by atoms with E-state index in [1.165, 1.54) is 0 Å². The third-order valence-corrected chi connectivity index (χ3v) is 3.42. The fraction of sp³-hybridized carbons (Fsp3) is 0.462. The van der Waals surface area contributed by atoms with Gasteiger partial charge in [0.15, 0.2) is 0 Å². The maximum atomic E-state index is 9.10. The average molecular weight is 251 g/mol. The van der Waals surface area contributed by atoms with Crippen LogP contribution in [0.2, 0.25) is 5.02 Å². The number of rotatable bonds is 4. The number of nitrogens with zero attached hydrogens (tertiary/aromatic N) is 2. The second kappa shape index (κ2) is 4.46. The van der Waals surface area contributed by atoms with Crippen LogP contribution in [-0.2, 0) is 0 Å². The van der Waals surface area contributed by atoms with Crippen molar-refractivity contribution in [1.29, 1.82) is 5.26 Å². The lowest BCUT2D eigenvalue weighted by Gasteiger charge is -2.24. The van der Waals surface area contributed by atoms with Crippen molar-refractivity contribution in [3.05, 3.63) is 23.2 Å². The number of halogens is 1. The third-order valence-electron chi connectivity index (χ3n) is 3.18. The number of benzene rings is 1. The van der Waals surface area contributed by atoms with Gasteiger partial charge in [0.1, 0.15) is 5.75 Å². The van der Waals surface area contributed by atoms with Gasteiger partial charge in [-0.2, -0.15) is 5.26 Å². The molecule has 0 amide bonds. The van der Waals surface area contributed by atoms with Crippen molar-refractivity contribution >= 4 is 17.3 Å². The molecule has 0 bridgehead atoms. The molecule has 90 valence electrons. The summed E-state index contributed by atoms with van der Waals surface area (Å²) >= 11 is 5.99. The minimum atomic E-state index is -0.165. The van der Waals surface area contributed by atoms with Gasteiger partial charge in [-0.15, -0.1) is 0 Å². The van der Waals surface area contributed by atoms with Gasteiger partial charge >= 0.3 is 0 Å². The summed E-state index contributed by atoms with van der Waals surface area (Å²) in [7, 11) is 3.60. The smallest absolute Gasteiger partial charge is 0.142 e. The molecule has 0 N–H and O–H groups in total. The van der Waals surface area contributed by atoms with Crippen LogP contribution in [0, 0.1) is 16.7 Å². The summed E-state index contributed by atoms with van der Waals surface area (Å²) in [5.74, 6) is 0.783. The Labute approximate surface area is 107 Å². The Bertz CT molecular complexity index is 463. The Morgan fingerprint density at radius 2 is 2.24 bits per heavy atom. The zero-order valence-corrected chi connectivity index (χ0v) is 10.8. The molecule has 0 unspecified atom stereocenters. The third kappa shape index (κ3) is 2.48. The Kier molecular flexibility index (Phi) is 3.17. The lowest BCUT2D eigenvalue weighted by Crippen LogP contribution is -2.26. The molecule has 0 heterocycles. The van der Waals surface area contributed by atoms with Gasteiger partial charge in [0.05, 0.1) is 24.3 Å². The maximum absolute atomic E-state index is 9.10. The molecule has 0 radical (unpaired) electrons. The van der Waals surface area contributed by atoms with Crippen molar-refractivity contribution in [2.24, 2.45) is 5.41 Å². The minimum absolute atomic E-state index is 0.165. The molecular formula is C13H15ClN2O. The van der Waals surface area contributed by atoms with Gasteiger partial charge in [-0.25, -0.2) is 0 Å². The van der Waals surface area contributed by atoms with E-state index in [0.717, 1.165) is 30.8 Å².